The summed E-state index contributed by atoms with van der Waals surface area (Å²) in [4.78, 5) is 37.7. The predicted molar refractivity (Wildman–Crippen MR) is 224 cm³/mol. The van der Waals surface area contributed by atoms with Crippen molar-refractivity contribution in [3.8, 4) is 0 Å². The molecule has 0 N–H and O–H groups in total. The third-order valence-corrected chi connectivity index (χ3v) is 10.8. The van der Waals surface area contributed by atoms with Crippen LogP contribution in [0.15, 0.2) is 0 Å². The normalized spacial score (nSPS) is 12.7. The van der Waals surface area contributed by atoms with E-state index in [2.05, 4.69) is 41.5 Å². The first kappa shape index (κ1) is 51.4. The Morgan fingerprint density at radius 1 is 0.377 bits per heavy atom. The van der Waals surface area contributed by atoms with Crippen molar-refractivity contribution in [2.24, 2.45) is 17.8 Å². The molecule has 314 valence electrons. The van der Waals surface area contributed by atoms with Crippen molar-refractivity contribution in [2.45, 2.75) is 253 Å². The van der Waals surface area contributed by atoms with Crippen molar-refractivity contribution in [2.75, 3.05) is 13.2 Å². The lowest BCUT2D eigenvalue weighted by molar-refractivity contribution is -0.167. The van der Waals surface area contributed by atoms with Crippen LogP contribution in [-0.4, -0.2) is 37.2 Å². The molecule has 0 radical (unpaired) electrons. The van der Waals surface area contributed by atoms with Crippen LogP contribution in [0.1, 0.15) is 247 Å². The molecule has 0 heterocycles. The number of carbonyl (C=O) groups excluding carboxylic acids is 3. The highest BCUT2D eigenvalue weighted by molar-refractivity contribution is 5.71. The number of carbonyl (C=O) groups is 3. The van der Waals surface area contributed by atoms with Crippen LogP contribution >= 0.6 is 0 Å². The Morgan fingerprint density at radius 2 is 0.660 bits per heavy atom. The molecular weight excluding hydrogens is 661 g/mol. The second-order valence-electron chi connectivity index (χ2n) is 17.2. The van der Waals surface area contributed by atoms with Gasteiger partial charge in [-0.3, -0.25) is 14.4 Å². The molecule has 53 heavy (non-hydrogen) atoms. The fourth-order valence-corrected chi connectivity index (χ4v) is 6.85. The van der Waals surface area contributed by atoms with Gasteiger partial charge in [-0.2, -0.15) is 0 Å². The molecule has 6 heteroatoms. The Hall–Kier alpha value is -1.59. The molecule has 0 spiro atoms. The van der Waals surface area contributed by atoms with Gasteiger partial charge in [-0.15, -0.1) is 0 Å². The molecule has 0 aromatic rings. The van der Waals surface area contributed by atoms with E-state index in [0.717, 1.165) is 75.5 Å². The molecule has 0 aromatic carbocycles. The van der Waals surface area contributed by atoms with Crippen LogP contribution in [0.4, 0.5) is 0 Å². The quantitative estimate of drug-likeness (QED) is 0.0352. The van der Waals surface area contributed by atoms with Crippen molar-refractivity contribution < 1.29 is 28.6 Å². The van der Waals surface area contributed by atoms with Gasteiger partial charge in [0.25, 0.3) is 0 Å². The monoisotopic (exact) mass is 751 g/mol. The first-order chi connectivity index (χ1) is 25.6. The minimum absolute atomic E-state index is 0.0669. The van der Waals surface area contributed by atoms with Crippen LogP contribution in [0.5, 0.6) is 0 Å². The van der Waals surface area contributed by atoms with Crippen molar-refractivity contribution in [1.82, 2.24) is 0 Å². The van der Waals surface area contributed by atoms with E-state index < -0.39 is 6.10 Å². The van der Waals surface area contributed by atoms with E-state index in [4.69, 9.17) is 14.2 Å². The summed E-state index contributed by atoms with van der Waals surface area (Å²) in [7, 11) is 0. The van der Waals surface area contributed by atoms with E-state index in [1.165, 1.54) is 128 Å². The third kappa shape index (κ3) is 39.9. The molecule has 6 nitrogen and oxygen atoms in total. The minimum Gasteiger partial charge on any atom is -0.462 e. The van der Waals surface area contributed by atoms with E-state index >= 15 is 0 Å². The molecule has 0 saturated heterocycles. The van der Waals surface area contributed by atoms with Gasteiger partial charge in [-0.25, -0.2) is 0 Å². The van der Waals surface area contributed by atoms with E-state index in [-0.39, 0.29) is 31.1 Å². The molecule has 0 rings (SSSR count). The van der Waals surface area contributed by atoms with Crippen molar-refractivity contribution in [3.63, 3.8) is 0 Å². The highest BCUT2D eigenvalue weighted by Crippen LogP contribution is 2.17. The number of esters is 3. The first-order valence-electron chi connectivity index (χ1n) is 23.1. The van der Waals surface area contributed by atoms with Gasteiger partial charge in [0.15, 0.2) is 6.10 Å². The maximum Gasteiger partial charge on any atom is 0.306 e. The number of ether oxygens (including phenoxy) is 3. The third-order valence-electron chi connectivity index (χ3n) is 10.8. The van der Waals surface area contributed by atoms with E-state index in [0.29, 0.717) is 19.3 Å². The molecule has 0 fully saturated rings. The zero-order valence-corrected chi connectivity index (χ0v) is 36.3. The van der Waals surface area contributed by atoms with Crippen LogP contribution < -0.4 is 0 Å². The average molecular weight is 751 g/mol. The first-order valence-corrected chi connectivity index (χ1v) is 23.1. The van der Waals surface area contributed by atoms with Crippen molar-refractivity contribution in [3.05, 3.63) is 0 Å². The molecule has 0 aromatic heterocycles. The summed E-state index contributed by atoms with van der Waals surface area (Å²) in [6, 6.07) is 0. The van der Waals surface area contributed by atoms with Gasteiger partial charge in [-0.1, -0.05) is 208 Å². The molecule has 0 amide bonds. The maximum absolute atomic E-state index is 12.7. The summed E-state index contributed by atoms with van der Waals surface area (Å²) in [6.45, 7) is 13.6. The molecule has 0 aliphatic rings. The Morgan fingerprint density at radius 3 is 0.981 bits per heavy atom. The molecular formula is C47H90O6. The topological polar surface area (TPSA) is 78.9 Å². The number of rotatable bonds is 40. The number of hydrogen-bond donors (Lipinski definition) is 0. The van der Waals surface area contributed by atoms with Crippen LogP contribution in [0.3, 0.4) is 0 Å². The largest absolute Gasteiger partial charge is 0.462 e. The smallest absolute Gasteiger partial charge is 0.306 e. The lowest BCUT2D eigenvalue weighted by atomic mass is 9.99. The highest BCUT2D eigenvalue weighted by Gasteiger charge is 2.19. The summed E-state index contributed by atoms with van der Waals surface area (Å²) in [5, 5.41) is 0. The molecule has 0 aliphatic carbocycles. The molecule has 0 aliphatic heterocycles. The lowest BCUT2D eigenvalue weighted by Crippen LogP contribution is -2.30. The van der Waals surface area contributed by atoms with Gasteiger partial charge in [0.05, 0.1) is 0 Å². The SMILES string of the molecule is CCC(C)CCCCCCCCCCC(=O)OC[C@H](COC(=O)CCCCCCCCCCCCCC(C)C)OC(=O)CCCCCCCCC(C)C. The van der Waals surface area contributed by atoms with Gasteiger partial charge < -0.3 is 14.2 Å². The van der Waals surface area contributed by atoms with Crippen molar-refractivity contribution >= 4 is 17.9 Å². The fraction of sp³-hybridized carbons (Fsp3) is 0.936. The second kappa shape index (κ2) is 38.7. The maximum atomic E-state index is 12.7. The summed E-state index contributed by atoms with van der Waals surface area (Å²) in [6.07, 6.45) is 35.3. The Bertz CT molecular complexity index is 824. The highest BCUT2D eigenvalue weighted by atomic mass is 16.6. The van der Waals surface area contributed by atoms with E-state index in [1.54, 1.807) is 0 Å². The van der Waals surface area contributed by atoms with Crippen LogP contribution in [-0.2, 0) is 28.6 Å². The van der Waals surface area contributed by atoms with Crippen molar-refractivity contribution in [1.29, 1.82) is 0 Å². The van der Waals surface area contributed by atoms with Gasteiger partial charge >= 0.3 is 17.9 Å². The zero-order chi connectivity index (χ0) is 39.2. The standard InChI is InChI=1S/C47H90O6/c1-7-43(6)35-29-23-16-13-14-18-25-31-37-46(49)52-40-44(53-47(50)38-32-26-20-19-22-28-34-42(4)5)39-51-45(48)36-30-24-17-12-10-8-9-11-15-21-27-33-41(2)3/h41-44H,7-40H2,1-6H3/t43?,44-/m0/s1. The molecule has 0 saturated carbocycles. The van der Waals surface area contributed by atoms with E-state index in [9.17, 15) is 14.4 Å². The van der Waals surface area contributed by atoms with Gasteiger partial charge in [0.2, 0.25) is 0 Å². The Labute approximate surface area is 329 Å². The molecule has 2 atom stereocenters. The zero-order valence-electron chi connectivity index (χ0n) is 36.3. The Balaban J connectivity index is 4.31. The number of hydrogen-bond acceptors (Lipinski definition) is 6. The van der Waals surface area contributed by atoms with Crippen LogP contribution in [0.25, 0.3) is 0 Å². The van der Waals surface area contributed by atoms with Gasteiger partial charge in [0.1, 0.15) is 13.2 Å². The second-order valence-corrected chi connectivity index (χ2v) is 17.2. The van der Waals surface area contributed by atoms with Gasteiger partial charge in [-0.05, 0) is 37.0 Å². The molecule has 0 bridgehead atoms. The molecule has 1 unspecified atom stereocenters. The predicted octanol–water partition coefficient (Wildman–Crippen LogP) is 14.4. The number of unbranched alkanes of at least 4 members (excludes halogenated alkanes) is 22. The fourth-order valence-electron chi connectivity index (χ4n) is 6.85. The summed E-state index contributed by atoms with van der Waals surface area (Å²) >= 11 is 0. The lowest BCUT2D eigenvalue weighted by Gasteiger charge is -2.18. The van der Waals surface area contributed by atoms with Crippen LogP contribution in [0, 0.1) is 17.8 Å². The average Bonchev–Trinajstić information content (AvgIpc) is 3.12. The minimum atomic E-state index is -0.762. The van der Waals surface area contributed by atoms with Gasteiger partial charge in [0, 0.05) is 19.3 Å². The van der Waals surface area contributed by atoms with Crippen LogP contribution in [0.2, 0.25) is 0 Å². The summed E-state index contributed by atoms with van der Waals surface area (Å²) < 4.78 is 16.7. The summed E-state index contributed by atoms with van der Waals surface area (Å²) in [5.41, 5.74) is 0. The summed E-state index contributed by atoms with van der Waals surface area (Å²) in [5.74, 6) is 1.57. The van der Waals surface area contributed by atoms with E-state index in [1.807, 2.05) is 0 Å². The Kier molecular flexibility index (Phi) is 37.5.